The molecule has 94 valence electrons. The minimum atomic E-state index is 0.811. The maximum Gasteiger partial charge on any atom is 0.147 e. The molecule has 0 unspecified atom stereocenters. The summed E-state index contributed by atoms with van der Waals surface area (Å²) in [7, 11) is 0. The quantitative estimate of drug-likeness (QED) is 0.804. The molecule has 0 N–H and O–H groups in total. The van der Waals surface area contributed by atoms with E-state index in [9.17, 15) is 0 Å². The van der Waals surface area contributed by atoms with E-state index in [1.165, 1.54) is 12.8 Å². The van der Waals surface area contributed by atoms with Crippen molar-refractivity contribution in [3.63, 3.8) is 0 Å². The van der Waals surface area contributed by atoms with Gasteiger partial charge in [-0.3, -0.25) is 4.98 Å². The molecule has 0 atom stereocenters. The topological polar surface area (TPSA) is 29.0 Å². The Morgan fingerprint density at radius 3 is 2.41 bits per heavy atom. The van der Waals surface area contributed by atoms with E-state index in [1.807, 2.05) is 12.4 Å². The number of aryl methyl sites for hydroxylation is 1. The minimum Gasteiger partial charge on any atom is -0.355 e. The highest BCUT2D eigenvalue weighted by Crippen LogP contribution is 2.26. The number of aromatic nitrogens is 2. The number of nitrogens with zero attached hydrogens (tertiary/aromatic N) is 3. The van der Waals surface area contributed by atoms with E-state index >= 15 is 0 Å². The summed E-state index contributed by atoms with van der Waals surface area (Å²) in [6, 6.07) is 0. The molecule has 2 heterocycles. The van der Waals surface area contributed by atoms with Gasteiger partial charge in [0.1, 0.15) is 5.82 Å². The zero-order valence-electron chi connectivity index (χ0n) is 11.2. The molecule has 0 bridgehead atoms. The molecule has 2 rings (SSSR count). The average Bonchev–Trinajstić information content (AvgIpc) is 2.39. The van der Waals surface area contributed by atoms with E-state index in [0.29, 0.717) is 0 Å². The van der Waals surface area contributed by atoms with Gasteiger partial charge < -0.3 is 4.90 Å². The van der Waals surface area contributed by atoms with Crippen LogP contribution in [0.25, 0.3) is 0 Å². The van der Waals surface area contributed by atoms with Gasteiger partial charge in [-0.15, -0.1) is 0 Å². The summed E-state index contributed by atoms with van der Waals surface area (Å²) in [6.07, 6.45) is 7.37. The summed E-state index contributed by atoms with van der Waals surface area (Å²) in [5, 5.41) is 0. The lowest BCUT2D eigenvalue weighted by molar-refractivity contribution is 0.310. The Morgan fingerprint density at radius 2 is 1.94 bits per heavy atom. The number of hydrogen-bond donors (Lipinski definition) is 0. The van der Waals surface area contributed by atoms with Crippen molar-refractivity contribution < 1.29 is 0 Å². The molecule has 0 amide bonds. The molecular weight excluding hydrogens is 210 g/mol. The first-order valence-electron chi connectivity index (χ1n) is 6.76. The SMILES string of the molecule is CCc1cnc(N2CCC(C(C)C)CC2)cn1. The second-order valence-electron chi connectivity index (χ2n) is 5.29. The van der Waals surface area contributed by atoms with Crippen molar-refractivity contribution in [2.45, 2.75) is 40.0 Å². The summed E-state index contributed by atoms with van der Waals surface area (Å²) in [5.74, 6) is 2.74. The van der Waals surface area contributed by atoms with E-state index < -0.39 is 0 Å². The fourth-order valence-electron chi connectivity index (χ4n) is 2.49. The van der Waals surface area contributed by atoms with Crippen molar-refractivity contribution in [2.75, 3.05) is 18.0 Å². The summed E-state index contributed by atoms with van der Waals surface area (Å²) in [6.45, 7) is 9.02. The molecule has 1 fully saturated rings. The first-order valence-corrected chi connectivity index (χ1v) is 6.76. The van der Waals surface area contributed by atoms with Gasteiger partial charge in [0.05, 0.1) is 18.1 Å². The normalized spacial score (nSPS) is 17.8. The molecule has 0 aliphatic carbocycles. The number of hydrogen-bond acceptors (Lipinski definition) is 3. The Balaban J connectivity index is 1.95. The van der Waals surface area contributed by atoms with Crippen LogP contribution in [0.15, 0.2) is 12.4 Å². The second-order valence-corrected chi connectivity index (χ2v) is 5.29. The van der Waals surface area contributed by atoms with Crippen LogP contribution in [0.3, 0.4) is 0 Å². The van der Waals surface area contributed by atoms with Crippen molar-refractivity contribution in [3.8, 4) is 0 Å². The molecule has 3 nitrogen and oxygen atoms in total. The van der Waals surface area contributed by atoms with Gasteiger partial charge in [0.2, 0.25) is 0 Å². The van der Waals surface area contributed by atoms with Crippen molar-refractivity contribution in [1.29, 1.82) is 0 Å². The lowest BCUT2D eigenvalue weighted by atomic mass is 9.87. The Hall–Kier alpha value is -1.12. The van der Waals surface area contributed by atoms with Crippen LogP contribution in [-0.2, 0) is 6.42 Å². The minimum absolute atomic E-state index is 0.811. The monoisotopic (exact) mass is 233 g/mol. The van der Waals surface area contributed by atoms with E-state index in [4.69, 9.17) is 0 Å². The Labute approximate surface area is 104 Å². The molecule has 17 heavy (non-hydrogen) atoms. The third-order valence-electron chi connectivity index (χ3n) is 3.86. The first-order chi connectivity index (χ1) is 8.20. The molecule has 1 aliphatic rings. The van der Waals surface area contributed by atoms with E-state index in [2.05, 4.69) is 35.6 Å². The highest BCUT2D eigenvalue weighted by atomic mass is 15.2. The molecule has 0 saturated carbocycles. The van der Waals surface area contributed by atoms with Crippen molar-refractivity contribution in [3.05, 3.63) is 18.1 Å². The van der Waals surface area contributed by atoms with Crippen molar-refractivity contribution in [1.82, 2.24) is 9.97 Å². The van der Waals surface area contributed by atoms with Crippen LogP contribution in [0, 0.1) is 11.8 Å². The maximum atomic E-state index is 4.51. The fourth-order valence-corrected chi connectivity index (χ4v) is 2.49. The molecule has 1 aromatic rings. The summed E-state index contributed by atoms with van der Waals surface area (Å²) < 4.78 is 0. The second kappa shape index (κ2) is 5.48. The van der Waals surface area contributed by atoms with Gasteiger partial charge in [-0.1, -0.05) is 20.8 Å². The summed E-state index contributed by atoms with van der Waals surface area (Å²) in [4.78, 5) is 11.3. The van der Waals surface area contributed by atoms with Crippen LogP contribution in [0.4, 0.5) is 5.82 Å². The Kier molecular flexibility index (Phi) is 3.97. The van der Waals surface area contributed by atoms with E-state index in [0.717, 1.165) is 42.9 Å². The van der Waals surface area contributed by atoms with Crippen LogP contribution >= 0.6 is 0 Å². The molecule has 0 radical (unpaired) electrons. The van der Waals surface area contributed by atoms with Gasteiger partial charge in [-0.05, 0) is 31.1 Å². The predicted molar refractivity (Wildman–Crippen MR) is 71.2 cm³/mol. The standard InChI is InChI=1S/C14H23N3/c1-4-13-9-16-14(10-15-13)17-7-5-12(6-8-17)11(2)3/h9-12H,4-8H2,1-3H3. The lowest BCUT2D eigenvalue weighted by Crippen LogP contribution is -2.35. The molecule has 1 saturated heterocycles. The van der Waals surface area contributed by atoms with Crippen LogP contribution in [0.5, 0.6) is 0 Å². The van der Waals surface area contributed by atoms with E-state index in [-0.39, 0.29) is 0 Å². The fraction of sp³-hybridized carbons (Fsp3) is 0.714. The highest BCUT2D eigenvalue weighted by molar-refractivity contribution is 5.36. The zero-order valence-corrected chi connectivity index (χ0v) is 11.2. The molecular formula is C14H23N3. The molecule has 1 aromatic heterocycles. The van der Waals surface area contributed by atoms with Crippen LogP contribution in [-0.4, -0.2) is 23.1 Å². The van der Waals surface area contributed by atoms with Gasteiger partial charge in [0.25, 0.3) is 0 Å². The van der Waals surface area contributed by atoms with Crippen LogP contribution < -0.4 is 4.90 Å². The van der Waals surface area contributed by atoms with Gasteiger partial charge >= 0.3 is 0 Å². The number of rotatable bonds is 3. The summed E-state index contributed by atoms with van der Waals surface area (Å²) in [5.41, 5.74) is 1.07. The Bertz CT molecular complexity index is 337. The highest BCUT2D eigenvalue weighted by Gasteiger charge is 2.22. The van der Waals surface area contributed by atoms with Gasteiger partial charge in [-0.2, -0.15) is 0 Å². The molecule has 0 spiro atoms. The van der Waals surface area contributed by atoms with E-state index in [1.54, 1.807) is 0 Å². The van der Waals surface area contributed by atoms with Gasteiger partial charge in [0.15, 0.2) is 0 Å². The number of anilines is 1. The Morgan fingerprint density at radius 1 is 1.24 bits per heavy atom. The third kappa shape index (κ3) is 2.96. The lowest BCUT2D eigenvalue weighted by Gasteiger charge is -2.34. The molecule has 0 aromatic carbocycles. The largest absolute Gasteiger partial charge is 0.355 e. The van der Waals surface area contributed by atoms with Crippen LogP contribution in [0.2, 0.25) is 0 Å². The average molecular weight is 233 g/mol. The number of piperidine rings is 1. The smallest absolute Gasteiger partial charge is 0.147 e. The van der Waals surface area contributed by atoms with Crippen molar-refractivity contribution in [2.24, 2.45) is 11.8 Å². The molecule has 1 aliphatic heterocycles. The van der Waals surface area contributed by atoms with Crippen LogP contribution in [0.1, 0.15) is 39.3 Å². The van der Waals surface area contributed by atoms with Gasteiger partial charge in [0, 0.05) is 13.1 Å². The first kappa shape index (κ1) is 12.3. The zero-order chi connectivity index (χ0) is 12.3. The summed E-state index contributed by atoms with van der Waals surface area (Å²) >= 11 is 0. The third-order valence-corrected chi connectivity index (χ3v) is 3.86. The maximum absolute atomic E-state index is 4.51. The predicted octanol–water partition coefficient (Wildman–Crippen LogP) is 2.91. The van der Waals surface area contributed by atoms with Crippen molar-refractivity contribution >= 4 is 5.82 Å². The van der Waals surface area contributed by atoms with Gasteiger partial charge in [-0.25, -0.2) is 4.98 Å². The molecule has 3 heteroatoms.